The highest BCUT2D eigenvalue weighted by molar-refractivity contribution is 7.09. The van der Waals surface area contributed by atoms with Gasteiger partial charge in [-0.15, -0.1) is 11.3 Å². The summed E-state index contributed by atoms with van der Waals surface area (Å²) in [6.07, 6.45) is 0.802. The van der Waals surface area contributed by atoms with Gasteiger partial charge in [-0.25, -0.2) is 4.79 Å². The van der Waals surface area contributed by atoms with E-state index in [2.05, 4.69) is 10.3 Å². The lowest BCUT2D eigenvalue weighted by Crippen LogP contribution is -2.26. The third-order valence-electron chi connectivity index (χ3n) is 3.38. The Kier molecular flexibility index (Phi) is 5.38. The Labute approximate surface area is 133 Å². The lowest BCUT2D eigenvalue weighted by atomic mass is 10.1. The van der Waals surface area contributed by atoms with Crippen LogP contribution in [0.2, 0.25) is 0 Å². The van der Waals surface area contributed by atoms with Gasteiger partial charge in [-0.1, -0.05) is 6.07 Å². The smallest absolute Gasteiger partial charge is 0.355 e. The number of carbonyl (C=O) groups excluding carboxylic acids is 2. The fourth-order valence-electron chi connectivity index (χ4n) is 2.34. The average molecular weight is 320 g/mol. The number of aromatic nitrogens is 1. The number of aromatic amines is 1. The number of amides is 1. The summed E-state index contributed by atoms with van der Waals surface area (Å²) in [5.74, 6) is -0.598. The van der Waals surface area contributed by atoms with Crippen LogP contribution in [-0.2, 0) is 11.2 Å². The second kappa shape index (κ2) is 7.26. The van der Waals surface area contributed by atoms with E-state index >= 15 is 0 Å². The van der Waals surface area contributed by atoms with Crippen LogP contribution in [0.5, 0.6) is 0 Å². The molecule has 2 rings (SSSR count). The summed E-state index contributed by atoms with van der Waals surface area (Å²) in [6.45, 7) is 6.16. The van der Waals surface area contributed by atoms with Crippen LogP contribution >= 0.6 is 11.3 Å². The zero-order valence-corrected chi connectivity index (χ0v) is 13.8. The SMILES string of the molecule is CCOC(=O)c1[nH]c(C)c(C(=O)NCCc2cccs2)c1C. The van der Waals surface area contributed by atoms with Crippen LogP contribution in [-0.4, -0.2) is 30.0 Å². The molecular weight excluding hydrogens is 300 g/mol. The van der Waals surface area contributed by atoms with Gasteiger partial charge < -0.3 is 15.0 Å². The second-order valence-electron chi connectivity index (χ2n) is 4.93. The number of hydrogen-bond acceptors (Lipinski definition) is 4. The van der Waals surface area contributed by atoms with E-state index in [0.29, 0.717) is 35.7 Å². The monoisotopic (exact) mass is 320 g/mol. The van der Waals surface area contributed by atoms with Gasteiger partial charge in [0.05, 0.1) is 12.2 Å². The molecule has 2 heterocycles. The Hall–Kier alpha value is -2.08. The van der Waals surface area contributed by atoms with Crippen LogP contribution in [0.25, 0.3) is 0 Å². The molecule has 0 radical (unpaired) electrons. The van der Waals surface area contributed by atoms with Crippen molar-refractivity contribution in [3.8, 4) is 0 Å². The number of nitrogens with one attached hydrogen (secondary N) is 2. The second-order valence-corrected chi connectivity index (χ2v) is 5.96. The van der Waals surface area contributed by atoms with E-state index in [-0.39, 0.29) is 5.91 Å². The van der Waals surface area contributed by atoms with Gasteiger partial charge in [0.1, 0.15) is 5.69 Å². The molecule has 0 spiro atoms. The van der Waals surface area contributed by atoms with Crippen LogP contribution in [0.1, 0.15) is 43.9 Å². The quantitative estimate of drug-likeness (QED) is 0.804. The minimum absolute atomic E-state index is 0.168. The van der Waals surface area contributed by atoms with Crippen molar-refractivity contribution < 1.29 is 14.3 Å². The maximum atomic E-state index is 12.3. The Morgan fingerprint density at radius 3 is 2.77 bits per heavy atom. The predicted octanol–water partition coefficient (Wildman–Crippen LogP) is 2.84. The van der Waals surface area contributed by atoms with E-state index in [1.807, 2.05) is 17.5 Å². The zero-order chi connectivity index (χ0) is 16.1. The first-order valence-electron chi connectivity index (χ1n) is 7.21. The minimum Gasteiger partial charge on any atom is -0.461 e. The summed E-state index contributed by atoms with van der Waals surface area (Å²) in [7, 11) is 0. The number of esters is 1. The van der Waals surface area contributed by atoms with Crippen molar-refractivity contribution in [1.29, 1.82) is 0 Å². The Bertz CT molecular complexity index is 659. The molecule has 0 unspecified atom stereocenters. The average Bonchev–Trinajstić information content (AvgIpc) is 3.07. The van der Waals surface area contributed by atoms with E-state index in [0.717, 1.165) is 6.42 Å². The van der Waals surface area contributed by atoms with Crippen molar-refractivity contribution in [3.63, 3.8) is 0 Å². The van der Waals surface area contributed by atoms with Crippen molar-refractivity contribution in [2.24, 2.45) is 0 Å². The largest absolute Gasteiger partial charge is 0.461 e. The zero-order valence-electron chi connectivity index (χ0n) is 13.0. The van der Waals surface area contributed by atoms with Gasteiger partial charge in [-0.3, -0.25) is 4.79 Å². The minimum atomic E-state index is -0.430. The van der Waals surface area contributed by atoms with Crippen LogP contribution in [0.4, 0.5) is 0 Å². The number of ether oxygens (including phenoxy) is 1. The topological polar surface area (TPSA) is 71.2 Å². The van der Waals surface area contributed by atoms with Gasteiger partial charge in [-0.2, -0.15) is 0 Å². The fraction of sp³-hybridized carbons (Fsp3) is 0.375. The summed E-state index contributed by atoms with van der Waals surface area (Å²) in [6, 6.07) is 4.04. The molecule has 0 aliphatic heterocycles. The lowest BCUT2D eigenvalue weighted by Gasteiger charge is -2.05. The molecule has 118 valence electrons. The fourth-order valence-corrected chi connectivity index (χ4v) is 3.05. The molecule has 5 nitrogen and oxygen atoms in total. The highest BCUT2D eigenvalue weighted by Gasteiger charge is 2.22. The van der Waals surface area contributed by atoms with E-state index in [4.69, 9.17) is 4.74 Å². The van der Waals surface area contributed by atoms with Gasteiger partial charge >= 0.3 is 5.97 Å². The van der Waals surface area contributed by atoms with Gasteiger partial charge in [-0.05, 0) is 44.2 Å². The highest BCUT2D eigenvalue weighted by Crippen LogP contribution is 2.18. The van der Waals surface area contributed by atoms with Crippen LogP contribution in [0.15, 0.2) is 17.5 Å². The molecule has 0 aromatic carbocycles. The van der Waals surface area contributed by atoms with Crippen molar-refractivity contribution in [2.45, 2.75) is 27.2 Å². The summed E-state index contributed by atoms with van der Waals surface area (Å²) in [5.41, 5.74) is 2.18. The first-order valence-corrected chi connectivity index (χ1v) is 8.09. The molecule has 0 aliphatic rings. The van der Waals surface area contributed by atoms with Gasteiger partial charge in [0.25, 0.3) is 5.91 Å². The molecule has 6 heteroatoms. The number of rotatable bonds is 6. The standard InChI is InChI=1S/C16H20N2O3S/c1-4-21-16(20)14-10(2)13(11(3)18-14)15(19)17-8-7-12-6-5-9-22-12/h5-6,9,18H,4,7-8H2,1-3H3,(H,17,19). The molecular formula is C16H20N2O3S. The molecule has 2 aromatic heterocycles. The first-order chi connectivity index (χ1) is 10.5. The van der Waals surface area contributed by atoms with Gasteiger partial charge in [0.15, 0.2) is 0 Å². The first kappa shape index (κ1) is 16.3. The van der Waals surface area contributed by atoms with Gasteiger partial charge in [0.2, 0.25) is 0 Å². The summed E-state index contributed by atoms with van der Waals surface area (Å²) >= 11 is 1.67. The molecule has 2 N–H and O–H groups in total. The molecule has 0 aliphatic carbocycles. The summed E-state index contributed by atoms with van der Waals surface area (Å²) in [5, 5.41) is 4.92. The van der Waals surface area contributed by atoms with E-state index in [1.165, 1.54) is 4.88 Å². The number of aryl methyl sites for hydroxylation is 1. The lowest BCUT2D eigenvalue weighted by molar-refractivity contribution is 0.0519. The number of H-pyrrole nitrogens is 1. The highest BCUT2D eigenvalue weighted by atomic mass is 32.1. The molecule has 0 atom stereocenters. The Balaban J connectivity index is 2.04. The number of carbonyl (C=O) groups is 2. The van der Waals surface area contributed by atoms with E-state index < -0.39 is 5.97 Å². The maximum Gasteiger partial charge on any atom is 0.355 e. The molecule has 0 saturated heterocycles. The molecule has 0 fully saturated rings. The van der Waals surface area contributed by atoms with E-state index in [9.17, 15) is 9.59 Å². The molecule has 1 amide bonds. The van der Waals surface area contributed by atoms with Crippen LogP contribution in [0, 0.1) is 13.8 Å². The van der Waals surface area contributed by atoms with Gasteiger partial charge in [0, 0.05) is 17.1 Å². The normalized spacial score (nSPS) is 10.5. The summed E-state index contributed by atoms with van der Waals surface area (Å²) < 4.78 is 4.99. The molecule has 2 aromatic rings. The third kappa shape index (κ3) is 3.57. The number of hydrogen-bond donors (Lipinski definition) is 2. The number of thiophene rings is 1. The molecule has 0 bridgehead atoms. The van der Waals surface area contributed by atoms with Crippen molar-refractivity contribution in [1.82, 2.24) is 10.3 Å². The Morgan fingerprint density at radius 2 is 2.14 bits per heavy atom. The third-order valence-corrected chi connectivity index (χ3v) is 4.32. The molecule has 0 saturated carbocycles. The summed E-state index contributed by atoms with van der Waals surface area (Å²) in [4.78, 5) is 28.3. The predicted molar refractivity (Wildman–Crippen MR) is 86.6 cm³/mol. The molecule has 22 heavy (non-hydrogen) atoms. The Morgan fingerprint density at radius 1 is 1.36 bits per heavy atom. The maximum absolute atomic E-state index is 12.3. The van der Waals surface area contributed by atoms with E-state index in [1.54, 1.807) is 32.1 Å². The van der Waals surface area contributed by atoms with Crippen LogP contribution < -0.4 is 5.32 Å². The van der Waals surface area contributed by atoms with Crippen molar-refractivity contribution in [3.05, 3.63) is 44.9 Å². The van der Waals surface area contributed by atoms with Crippen LogP contribution in [0.3, 0.4) is 0 Å². The van der Waals surface area contributed by atoms with Crippen molar-refractivity contribution >= 4 is 23.2 Å². The van der Waals surface area contributed by atoms with Crippen molar-refractivity contribution in [2.75, 3.05) is 13.2 Å².